The molecule has 2 N–H and O–H groups in total. The third-order valence-corrected chi connectivity index (χ3v) is 5.32. The summed E-state index contributed by atoms with van der Waals surface area (Å²) in [4.78, 5) is 25.3. The second-order valence-corrected chi connectivity index (χ2v) is 7.86. The van der Waals surface area contributed by atoms with E-state index in [0.29, 0.717) is 28.2 Å². The highest BCUT2D eigenvalue weighted by Gasteiger charge is 2.29. The number of methoxy groups -OCH3 is 1. The van der Waals surface area contributed by atoms with E-state index in [1.807, 2.05) is 0 Å². The van der Waals surface area contributed by atoms with Crippen LogP contribution in [0, 0.1) is 0 Å². The number of para-hydroxylation sites is 2. The van der Waals surface area contributed by atoms with Gasteiger partial charge in [-0.25, -0.2) is 0 Å². The maximum absolute atomic E-state index is 12.5. The molecule has 3 rings (SSSR count). The van der Waals surface area contributed by atoms with Gasteiger partial charge in [-0.3, -0.25) is 9.59 Å². The number of amides is 2. The zero-order valence-corrected chi connectivity index (χ0v) is 18.4. The molecule has 0 aliphatic heterocycles. The van der Waals surface area contributed by atoms with Crippen molar-refractivity contribution < 1.29 is 32.2 Å². The minimum Gasteiger partial charge on any atom is -0.493 e. The minimum atomic E-state index is -4.46. The van der Waals surface area contributed by atoms with Crippen molar-refractivity contribution in [2.75, 3.05) is 24.4 Å². The molecule has 0 saturated carbocycles. The van der Waals surface area contributed by atoms with Gasteiger partial charge in [-0.05, 0) is 47.7 Å². The van der Waals surface area contributed by atoms with Crippen molar-refractivity contribution in [2.45, 2.75) is 19.0 Å². The van der Waals surface area contributed by atoms with Crippen molar-refractivity contribution in [3.63, 3.8) is 0 Å². The SMILES string of the molecule is COc1cc(CCC(=O)Nc2ccccc2NC(=O)c2cccs2)ccc1OCC(F)(F)F. The first-order valence-corrected chi connectivity index (χ1v) is 10.7. The zero-order valence-electron chi connectivity index (χ0n) is 17.6. The molecule has 0 unspecified atom stereocenters. The van der Waals surface area contributed by atoms with Gasteiger partial charge in [-0.2, -0.15) is 13.2 Å². The standard InChI is InChI=1S/C23H21F3N2O4S/c1-31-19-13-15(8-10-18(19)32-14-23(24,25)26)9-11-21(29)27-16-5-2-3-6-17(16)28-22(30)20-7-4-12-33-20/h2-8,10,12-13H,9,11,14H2,1H3,(H,27,29)(H,28,30). The highest BCUT2D eigenvalue weighted by Crippen LogP contribution is 2.30. The average molecular weight is 478 g/mol. The maximum Gasteiger partial charge on any atom is 0.422 e. The van der Waals surface area contributed by atoms with Crippen LogP contribution in [0.15, 0.2) is 60.0 Å². The Morgan fingerprint density at radius 3 is 2.33 bits per heavy atom. The molecule has 3 aromatic rings. The van der Waals surface area contributed by atoms with Crippen LogP contribution in [0.1, 0.15) is 21.7 Å². The van der Waals surface area contributed by atoms with Gasteiger partial charge in [0.25, 0.3) is 5.91 Å². The summed E-state index contributed by atoms with van der Waals surface area (Å²) in [5, 5.41) is 7.36. The van der Waals surface area contributed by atoms with Gasteiger partial charge in [0, 0.05) is 6.42 Å². The Morgan fingerprint density at radius 1 is 0.970 bits per heavy atom. The van der Waals surface area contributed by atoms with Crippen LogP contribution < -0.4 is 20.1 Å². The van der Waals surface area contributed by atoms with Gasteiger partial charge >= 0.3 is 6.18 Å². The molecule has 0 aliphatic carbocycles. The first-order chi connectivity index (χ1) is 15.7. The van der Waals surface area contributed by atoms with Crippen LogP contribution in [0.4, 0.5) is 24.5 Å². The first kappa shape index (κ1) is 24.1. The Balaban J connectivity index is 1.59. The van der Waals surface area contributed by atoms with Crippen LogP contribution in [0.5, 0.6) is 11.5 Å². The molecule has 0 fully saturated rings. The molecule has 10 heteroatoms. The smallest absolute Gasteiger partial charge is 0.422 e. The van der Waals surface area contributed by atoms with Crippen LogP contribution in [0.3, 0.4) is 0 Å². The second kappa shape index (κ2) is 10.9. The normalized spacial score (nSPS) is 11.0. The number of hydrogen-bond acceptors (Lipinski definition) is 5. The molecule has 0 bridgehead atoms. The number of thiophene rings is 1. The van der Waals surface area contributed by atoms with Crippen LogP contribution >= 0.6 is 11.3 Å². The maximum atomic E-state index is 12.5. The van der Waals surface area contributed by atoms with E-state index >= 15 is 0 Å². The fraction of sp³-hybridized carbons (Fsp3) is 0.217. The summed E-state index contributed by atoms with van der Waals surface area (Å²) in [6.07, 6.45) is -4.02. The zero-order chi connectivity index (χ0) is 23.8. The Labute approximate surface area is 192 Å². The largest absolute Gasteiger partial charge is 0.493 e. The number of aryl methyl sites for hydroxylation is 1. The lowest BCUT2D eigenvalue weighted by molar-refractivity contribution is -0.153. The molecular formula is C23H21F3N2O4S. The molecule has 0 aliphatic rings. The van der Waals surface area contributed by atoms with Crippen molar-refractivity contribution in [3.8, 4) is 11.5 Å². The topological polar surface area (TPSA) is 76.7 Å². The molecule has 2 aromatic carbocycles. The first-order valence-electron chi connectivity index (χ1n) is 9.85. The summed E-state index contributed by atoms with van der Waals surface area (Å²) in [5.74, 6) is -0.437. The molecule has 0 atom stereocenters. The summed E-state index contributed by atoms with van der Waals surface area (Å²) in [7, 11) is 1.33. The van der Waals surface area contributed by atoms with Gasteiger partial charge < -0.3 is 20.1 Å². The van der Waals surface area contributed by atoms with Gasteiger partial charge in [-0.1, -0.05) is 24.3 Å². The number of hydrogen-bond donors (Lipinski definition) is 2. The second-order valence-electron chi connectivity index (χ2n) is 6.91. The summed E-state index contributed by atoms with van der Waals surface area (Å²) in [6.45, 7) is -1.42. The summed E-state index contributed by atoms with van der Waals surface area (Å²) < 4.78 is 47.0. The number of halogens is 3. The Morgan fingerprint density at radius 2 is 1.70 bits per heavy atom. The van der Waals surface area contributed by atoms with E-state index in [9.17, 15) is 22.8 Å². The van der Waals surface area contributed by atoms with E-state index in [0.717, 1.165) is 0 Å². The van der Waals surface area contributed by atoms with Crippen molar-refractivity contribution >= 4 is 34.5 Å². The summed E-state index contributed by atoms with van der Waals surface area (Å²) in [5.41, 5.74) is 1.62. The minimum absolute atomic E-state index is 0.0292. The van der Waals surface area contributed by atoms with Gasteiger partial charge in [0.1, 0.15) is 0 Å². The van der Waals surface area contributed by atoms with Crippen molar-refractivity contribution in [1.29, 1.82) is 0 Å². The summed E-state index contributed by atoms with van der Waals surface area (Å²) in [6, 6.07) is 14.8. The van der Waals surface area contributed by atoms with Crippen LogP contribution in [-0.4, -0.2) is 31.7 Å². The van der Waals surface area contributed by atoms with Crippen LogP contribution in [0.25, 0.3) is 0 Å². The monoisotopic (exact) mass is 478 g/mol. The molecule has 1 aromatic heterocycles. The number of rotatable bonds is 9. The van der Waals surface area contributed by atoms with E-state index < -0.39 is 12.8 Å². The molecule has 0 saturated heterocycles. The predicted octanol–water partition coefficient (Wildman–Crippen LogP) is 5.52. The quantitative estimate of drug-likeness (QED) is 0.425. The van der Waals surface area contributed by atoms with E-state index in [-0.39, 0.29) is 29.7 Å². The molecule has 1 heterocycles. The van der Waals surface area contributed by atoms with Crippen molar-refractivity contribution in [2.24, 2.45) is 0 Å². The number of nitrogens with one attached hydrogen (secondary N) is 2. The fourth-order valence-corrected chi connectivity index (χ4v) is 3.53. The highest BCUT2D eigenvalue weighted by molar-refractivity contribution is 7.12. The van der Waals surface area contributed by atoms with Crippen LogP contribution in [-0.2, 0) is 11.2 Å². The Bertz CT molecular complexity index is 1100. The van der Waals surface area contributed by atoms with E-state index in [1.54, 1.807) is 47.8 Å². The van der Waals surface area contributed by atoms with Crippen molar-refractivity contribution in [3.05, 3.63) is 70.4 Å². The van der Waals surface area contributed by atoms with E-state index in [4.69, 9.17) is 9.47 Å². The Hall–Kier alpha value is -3.53. The lowest BCUT2D eigenvalue weighted by atomic mass is 10.1. The molecule has 6 nitrogen and oxygen atoms in total. The number of anilines is 2. The molecule has 0 spiro atoms. The molecule has 174 valence electrons. The van der Waals surface area contributed by atoms with Crippen molar-refractivity contribution in [1.82, 2.24) is 0 Å². The predicted molar refractivity (Wildman–Crippen MR) is 120 cm³/mol. The lowest BCUT2D eigenvalue weighted by Gasteiger charge is -2.14. The molecule has 2 amide bonds. The van der Waals surface area contributed by atoms with Crippen LogP contribution in [0.2, 0.25) is 0 Å². The van der Waals surface area contributed by atoms with E-state index in [2.05, 4.69) is 10.6 Å². The summed E-state index contributed by atoms with van der Waals surface area (Å²) >= 11 is 1.31. The molecular weight excluding hydrogens is 457 g/mol. The number of ether oxygens (including phenoxy) is 2. The number of carbonyl (C=O) groups excluding carboxylic acids is 2. The Kier molecular flexibility index (Phi) is 7.94. The van der Waals surface area contributed by atoms with E-state index in [1.165, 1.54) is 30.6 Å². The fourth-order valence-electron chi connectivity index (χ4n) is 2.91. The molecule has 33 heavy (non-hydrogen) atoms. The number of alkyl halides is 3. The number of carbonyl (C=O) groups is 2. The third kappa shape index (κ3) is 7.25. The van der Waals surface area contributed by atoms with Gasteiger partial charge in [0.05, 0.1) is 23.4 Å². The van der Waals surface area contributed by atoms with Gasteiger partial charge in [0.15, 0.2) is 18.1 Å². The van der Waals surface area contributed by atoms with Gasteiger partial charge in [-0.15, -0.1) is 11.3 Å². The van der Waals surface area contributed by atoms with Gasteiger partial charge in [0.2, 0.25) is 5.91 Å². The highest BCUT2D eigenvalue weighted by atomic mass is 32.1. The lowest BCUT2D eigenvalue weighted by Crippen LogP contribution is -2.19. The number of benzene rings is 2. The third-order valence-electron chi connectivity index (χ3n) is 4.45. The average Bonchev–Trinajstić information content (AvgIpc) is 3.32. The molecule has 0 radical (unpaired) electrons.